The number of anilines is 1. The Kier molecular flexibility index (Phi) is 2.00. The molecule has 0 aliphatic carbocycles. The zero-order valence-corrected chi connectivity index (χ0v) is 7.83. The smallest absolute Gasteiger partial charge is 0.245 e. The number of nitrogens with zero attached hydrogens (tertiary/aromatic N) is 1. The van der Waals surface area contributed by atoms with Gasteiger partial charge >= 0.3 is 0 Å². The minimum absolute atomic E-state index is 0.0975. The summed E-state index contributed by atoms with van der Waals surface area (Å²) in [4.78, 5) is 12.9. The van der Waals surface area contributed by atoms with Crippen molar-refractivity contribution in [2.75, 3.05) is 11.4 Å². The van der Waals surface area contributed by atoms with Crippen LogP contribution >= 0.6 is 0 Å². The first-order valence-electron chi connectivity index (χ1n) is 4.42. The summed E-state index contributed by atoms with van der Waals surface area (Å²) in [5.74, 6) is -0.386. The zero-order valence-electron chi connectivity index (χ0n) is 7.83. The van der Waals surface area contributed by atoms with E-state index in [0.29, 0.717) is 6.54 Å². The monoisotopic (exact) mass is 194 g/mol. The van der Waals surface area contributed by atoms with Gasteiger partial charge in [-0.2, -0.15) is 0 Å². The van der Waals surface area contributed by atoms with Gasteiger partial charge < -0.3 is 10.6 Å². The summed E-state index contributed by atoms with van der Waals surface area (Å²) < 4.78 is 12.8. The van der Waals surface area contributed by atoms with Gasteiger partial charge in [-0.1, -0.05) is 0 Å². The van der Waals surface area contributed by atoms with E-state index in [2.05, 4.69) is 0 Å². The average Bonchev–Trinajstić information content (AvgIpc) is 2.15. The summed E-state index contributed by atoms with van der Waals surface area (Å²) in [6.07, 6.45) is 0. The molecule has 1 amide bonds. The number of hydrogen-bond acceptors (Lipinski definition) is 2. The lowest BCUT2D eigenvalue weighted by molar-refractivity contribution is -0.123. The van der Waals surface area contributed by atoms with Crippen LogP contribution in [0.3, 0.4) is 0 Å². The molecule has 0 radical (unpaired) electrons. The van der Waals surface area contributed by atoms with E-state index in [1.165, 1.54) is 12.1 Å². The number of carbonyl (C=O) groups is 1. The first-order chi connectivity index (χ1) is 6.59. The van der Waals surface area contributed by atoms with Gasteiger partial charge in [0.15, 0.2) is 0 Å². The third-order valence-electron chi connectivity index (χ3n) is 2.41. The minimum atomic E-state index is -0.389. The number of amides is 1. The van der Waals surface area contributed by atoms with Gasteiger partial charge in [0.05, 0.1) is 6.54 Å². The summed E-state index contributed by atoms with van der Waals surface area (Å²) in [6, 6.07) is 3.97. The van der Waals surface area contributed by atoms with E-state index in [4.69, 9.17) is 5.73 Å². The fourth-order valence-corrected chi connectivity index (χ4v) is 1.59. The third kappa shape index (κ3) is 1.28. The Morgan fingerprint density at radius 1 is 1.57 bits per heavy atom. The maximum absolute atomic E-state index is 12.8. The van der Waals surface area contributed by atoms with Crippen LogP contribution in [-0.2, 0) is 4.79 Å². The van der Waals surface area contributed by atoms with Crippen molar-refractivity contribution < 1.29 is 9.18 Å². The molecule has 1 aromatic carbocycles. The van der Waals surface area contributed by atoms with Gasteiger partial charge in [-0.25, -0.2) is 4.39 Å². The number of halogens is 1. The van der Waals surface area contributed by atoms with Gasteiger partial charge in [-0.05, 0) is 30.7 Å². The van der Waals surface area contributed by atoms with Gasteiger partial charge in [-0.15, -0.1) is 0 Å². The number of benzene rings is 1. The van der Waals surface area contributed by atoms with Crippen molar-refractivity contribution >= 4 is 11.6 Å². The maximum atomic E-state index is 12.8. The van der Waals surface area contributed by atoms with Crippen LogP contribution in [0.1, 0.15) is 5.56 Å². The Morgan fingerprint density at radius 3 is 2.79 bits per heavy atom. The van der Waals surface area contributed by atoms with E-state index in [0.717, 1.165) is 11.3 Å². The van der Waals surface area contributed by atoms with Crippen LogP contribution in [-0.4, -0.2) is 18.5 Å². The van der Waals surface area contributed by atoms with Crippen LogP contribution < -0.4 is 10.6 Å². The summed E-state index contributed by atoms with van der Waals surface area (Å²) in [6.45, 7) is 2.29. The Balaban J connectivity index is 2.30. The quantitative estimate of drug-likeness (QED) is 0.672. The minimum Gasteiger partial charge on any atom is -0.318 e. The molecule has 1 heterocycles. The summed E-state index contributed by atoms with van der Waals surface area (Å²) in [7, 11) is 0. The molecule has 4 heteroatoms. The standard InChI is InChI=1S/C10H11FN2O/c1-6-4-7(11)2-3-9(6)13-5-8(12)10(13)14/h2-4,8H,5,12H2,1H3. The SMILES string of the molecule is Cc1cc(F)ccc1N1CC(N)C1=O. The molecule has 1 aromatic rings. The predicted octanol–water partition coefficient (Wildman–Crippen LogP) is 0.808. The number of carbonyl (C=O) groups excluding carboxylic acids is 1. The van der Waals surface area contributed by atoms with E-state index in [1.54, 1.807) is 17.9 Å². The normalized spacial score (nSPS) is 20.9. The molecule has 3 nitrogen and oxygen atoms in total. The van der Waals surface area contributed by atoms with E-state index in [-0.39, 0.29) is 17.8 Å². The first kappa shape index (κ1) is 9.15. The van der Waals surface area contributed by atoms with Crippen LogP contribution in [0.5, 0.6) is 0 Å². The van der Waals surface area contributed by atoms with E-state index < -0.39 is 0 Å². The zero-order chi connectivity index (χ0) is 10.3. The molecule has 0 saturated carbocycles. The molecule has 2 rings (SSSR count). The van der Waals surface area contributed by atoms with Crippen molar-refractivity contribution in [3.05, 3.63) is 29.6 Å². The molecule has 74 valence electrons. The number of β-lactam (4-membered cyclic amide) rings is 1. The topological polar surface area (TPSA) is 46.3 Å². The highest BCUT2D eigenvalue weighted by Crippen LogP contribution is 2.25. The molecule has 1 aliphatic heterocycles. The summed E-state index contributed by atoms with van der Waals surface area (Å²) in [5.41, 5.74) is 6.97. The van der Waals surface area contributed by atoms with Gasteiger partial charge in [0, 0.05) is 5.69 Å². The molecule has 1 aliphatic rings. The Hall–Kier alpha value is -1.42. The second kappa shape index (κ2) is 3.06. The molecule has 0 spiro atoms. The van der Waals surface area contributed by atoms with Crippen molar-refractivity contribution in [2.45, 2.75) is 13.0 Å². The van der Waals surface area contributed by atoms with Crippen molar-refractivity contribution in [1.29, 1.82) is 0 Å². The highest BCUT2D eigenvalue weighted by atomic mass is 19.1. The lowest BCUT2D eigenvalue weighted by atomic mass is 10.1. The van der Waals surface area contributed by atoms with Gasteiger partial charge in [0.1, 0.15) is 11.9 Å². The molecule has 1 atom stereocenters. The van der Waals surface area contributed by atoms with Gasteiger partial charge in [0.2, 0.25) is 5.91 Å². The van der Waals surface area contributed by atoms with E-state index in [9.17, 15) is 9.18 Å². The van der Waals surface area contributed by atoms with Crippen molar-refractivity contribution in [3.63, 3.8) is 0 Å². The van der Waals surface area contributed by atoms with Gasteiger partial charge in [-0.3, -0.25) is 4.79 Å². The van der Waals surface area contributed by atoms with Crippen LogP contribution in [0, 0.1) is 12.7 Å². The fourth-order valence-electron chi connectivity index (χ4n) is 1.59. The first-order valence-corrected chi connectivity index (χ1v) is 4.42. The van der Waals surface area contributed by atoms with Crippen molar-refractivity contribution in [3.8, 4) is 0 Å². The van der Waals surface area contributed by atoms with Crippen LogP contribution in [0.2, 0.25) is 0 Å². The second-order valence-corrected chi connectivity index (χ2v) is 3.49. The lowest BCUT2D eigenvalue weighted by Gasteiger charge is -2.36. The van der Waals surface area contributed by atoms with E-state index in [1.807, 2.05) is 0 Å². The van der Waals surface area contributed by atoms with Crippen molar-refractivity contribution in [1.82, 2.24) is 0 Å². The van der Waals surface area contributed by atoms with Crippen LogP contribution in [0.25, 0.3) is 0 Å². The molecular weight excluding hydrogens is 183 g/mol. The largest absolute Gasteiger partial charge is 0.318 e. The number of rotatable bonds is 1. The molecule has 1 saturated heterocycles. The number of hydrogen-bond donors (Lipinski definition) is 1. The fraction of sp³-hybridized carbons (Fsp3) is 0.300. The lowest BCUT2D eigenvalue weighted by Crippen LogP contribution is -2.61. The maximum Gasteiger partial charge on any atom is 0.245 e. The average molecular weight is 194 g/mol. The highest BCUT2D eigenvalue weighted by Gasteiger charge is 2.35. The molecule has 0 bridgehead atoms. The van der Waals surface area contributed by atoms with Crippen molar-refractivity contribution in [2.24, 2.45) is 5.73 Å². The third-order valence-corrected chi connectivity index (χ3v) is 2.41. The Morgan fingerprint density at radius 2 is 2.29 bits per heavy atom. The molecular formula is C10H11FN2O. The van der Waals surface area contributed by atoms with Gasteiger partial charge in [0.25, 0.3) is 0 Å². The highest BCUT2D eigenvalue weighted by molar-refractivity contribution is 6.04. The number of aryl methyl sites for hydroxylation is 1. The summed E-state index contributed by atoms with van der Waals surface area (Å²) in [5, 5.41) is 0. The van der Waals surface area contributed by atoms with Crippen LogP contribution in [0.15, 0.2) is 18.2 Å². The molecule has 1 fully saturated rings. The molecule has 1 unspecified atom stereocenters. The Bertz CT molecular complexity index is 392. The number of nitrogens with two attached hydrogens (primary N) is 1. The van der Waals surface area contributed by atoms with E-state index >= 15 is 0 Å². The molecule has 14 heavy (non-hydrogen) atoms. The Labute approximate surface area is 81.3 Å². The van der Waals surface area contributed by atoms with Crippen LogP contribution in [0.4, 0.5) is 10.1 Å². The second-order valence-electron chi connectivity index (χ2n) is 3.49. The molecule has 2 N–H and O–H groups in total. The summed E-state index contributed by atoms with van der Waals surface area (Å²) >= 11 is 0. The molecule has 0 aromatic heterocycles. The predicted molar refractivity (Wildman–Crippen MR) is 51.5 cm³/mol.